The first-order chi connectivity index (χ1) is 10.5. The standard InChI is InChI=1S/C16H19N3O3/c1-3-16(15(21)22,13-8-5-4-6-9-13)18-14(20)12(2)19-11-7-10-17-19/h4-12H,3H2,1-2H3,(H,18,20)(H,21,22). The number of carbonyl (C=O) groups is 2. The molecule has 116 valence electrons. The Labute approximate surface area is 128 Å². The molecule has 0 spiro atoms. The van der Waals surface area contributed by atoms with Gasteiger partial charge in [-0.3, -0.25) is 9.48 Å². The van der Waals surface area contributed by atoms with E-state index in [0.717, 1.165) is 0 Å². The molecule has 1 heterocycles. The molecule has 0 aliphatic heterocycles. The minimum Gasteiger partial charge on any atom is -0.479 e. The second-order valence-corrected chi connectivity index (χ2v) is 5.08. The highest BCUT2D eigenvalue weighted by Crippen LogP contribution is 2.26. The smallest absolute Gasteiger partial charge is 0.334 e. The van der Waals surface area contributed by atoms with Gasteiger partial charge in [0.2, 0.25) is 5.91 Å². The van der Waals surface area contributed by atoms with Crippen LogP contribution in [0.25, 0.3) is 0 Å². The number of carboxylic acids is 1. The molecule has 2 atom stereocenters. The van der Waals surface area contributed by atoms with Crippen LogP contribution in [0.5, 0.6) is 0 Å². The van der Waals surface area contributed by atoms with Crippen LogP contribution in [-0.2, 0) is 15.1 Å². The average molecular weight is 301 g/mol. The van der Waals surface area contributed by atoms with Gasteiger partial charge in [-0.15, -0.1) is 0 Å². The third kappa shape index (κ3) is 2.86. The van der Waals surface area contributed by atoms with Crippen molar-refractivity contribution in [3.05, 3.63) is 54.4 Å². The van der Waals surface area contributed by atoms with Gasteiger partial charge in [0.05, 0.1) is 0 Å². The second kappa shape index (κ2) is 6.43. The molecule has 0 aliphatic rings. The number of benzene rings is 1. The van der Waals surface area contributed by atoms with E-state index in [2.05, 4.69) is 10.4 Å². The van der Waals surface area contributed by atoms with Gasteiger partial charge in [0, 0.05) is 12.4 Å². The van der Waals surface area contributed by atoms with Crippen molar-refractivity contribution < 1.29 is 14.7 Å². The van der Waals surface area contributed by atoms with E-state index in [-0.39, 0.29) is 6.42 Å². The number of aliphatic carboxylic acids is 1. The molecule has 1 amide bonds. The van der Waals surface area contributed by atoms with Gasteiger partial charge in [-0.05, 0) is 25.0 Å². The molecule has 2 aromatic rings. The predicted molar refractivity (Wildman–Crippen MR) is 81.1 cm³/mol. The summed E-state index contributed by atoms with van der Waals surface area (Å²) in [7, 11) is 0. The molecule has 1 aromatic heterocycles. The van der Waals surface area contributed by atoms with Gasteiger partial charge in [-0.1, -0.05) is 37.3 Å². The average Bonchev–Trinajstić information content (AvgIpc) is 3.06. The van der Waals surface area contributed by atoms with Crippen molar-refractivity contribution in [1.29, 1.82) is 0 Å². The summed E-state index contributed by atoms with van der Waals surface area (Å²) in [6.07, 6.45) is 3.48. The molecule has 0 aliphatic carbocycles. The van der Waals surface area contributed by atoms with Crippen LogP contribution < -0.4 is 5.32 Å². The maximum Gasteiger partial charge on any atom is 0.334 e. The molecule has 2 unspecified atom stereocenters. The van der Waals surface area contributed by atoms with Crippen LogP contribution in [0.4, 0.5) is 0 Å². The van der Waals surface area contributed by atoms with Gasteiger partial charge in [0.25, 0.3) is 0 Å². The van der Waals surface area contributed by atoms with Crippen LogP contribution in [0.1, 0.15) is 31.9 Å². The quantitative estimate of drug-likeness (QED) is 0.854. The van der Waals surface area contributed by atoms with Crippen molar-refractivity contribution >= 4 is 11.9 Å². The number of aromatic nitrogens is 2. The Hall–Kier alpha value is -2.63. The van der Waals surface area contributed by atoms with Crippen LogP contribution in [0.15, 0.2) is 48.8 Å². The molecule has 0 fully saturated rings. The molecule has 0 bridgehead atoms. The van der Waals surface area contributed by atoms with Crippen molar-refractivity contribution in [2.24, 2.45) is 0 Å². The number of nitrogens with one attached hydrogen (secondary N) is 1. The summed E-state index contributed by atoms with van der Waals surface area (Å²) >= 11 is 0. The van der Waals surface area contributed by atoms with E-state index >= 15 is 0 Å². The zero-order chi connectivity index (χ0) is 16.2. The van der Waals surface area contributed by atoms with Gasteiger partial charge in [0.1, 0.15) is 6.04 Å². The van der Waals surface area contributed by atoms with E-state index in [4.69, 9.17) is 0 Å². The van der Waals surface area contributed by atoms with Gasteiger partial charge >= 0.3 is 5.97 Å². The lowest BCUT2D eigenvalue weighted by molar-refractivity contribution is -0.149. The van der Waals surface area contributed by atoms with Crippen LogP contribution in [0, 0.1) is 0 Å². The molecular formula is C16H19N3O3. The Kier molecular flexibility index (Phi) is 4.60. The summed E-state index contributed by atoms with van der Waals surface area (Å²) in [4.78, 5) is 24.3. The Morgan fingerprint density at radius 1 is 1.32 bits per heavy atom. The number of hydrogen-bond acceptors (Lipinski definition) is 3. The molecule has 2 rings (SSSR count). The van der Waals surface area contributed by atoms with Crippen molar-refractivity contribution in [3.63, 3.8) is 0 Å². The first-order valence-corrected chi connectivity index (χ1v) is 7.11. The molecule has 1 aromatic carbocycles. The third-order valence-electron chi connectivity index (χ3n) is 3.80. The number of carbonyl (C=O) groups excluding carboxylic acids is 1. The molecule has 0 saturated carbocycles. The Bertz CT molecular complexity index is 640. The van der Waals surface area contributed by atoms with Crippen molar-refractivity contribution in [1.82, 2.24) is 15.1 Å². The SMILES string of the molecule is CCC(NC(=O)C(C)n1cccn1)(C(=O)O)c1ccccc1. The fourth-order valence-electron chi connectivity index (χ4n) is 2.36. The Morgan fingerprint density at radius 3 is 2.50 bits per heavy atom. The summed E-state index contributed by atoms with van der Waals surface area (Å²) in [6.45, 7) is 3.41. The lowest BCUT2D eigenvalue weighted by Crippen LogP contribution is -2.53. The lowest BCUT2D eigenvalue weighted by atomic mass is 9.87. The molecule has 6 nitrogen and oxygen atoms in total. The van der Waals surface area contributed by atoms with Gasteiger partial charge in [-0.2, -0.15) is 5.10 Å². The summed E-state index contributed by atoms with van der Waals surface area (Å²) in [5.74, 6) is -1.47. The van der Waals surface area contributed by atoms with Crippen molar-refractivity contribution in [2.45, 2.75) is 31.8 Å². The second-order valence-electron chi connectivity index (χ2n) is 5.08. The molecular weight excluding hydrogens is 282 g/mol. The summed E-state index contributed by atoms with van der Waals surface area (Å²) in [6, 6.07) is 9.85. The largest absolute Gasteiger partial charge is 0.479 e. The third-order valence-corrected chi connectivity index (χ3v) is 3.80. The topological polar surface area (TPSA) is 84.2 Å². The Morgan fingerprint density at radius 2 is 2.00 bits per heavy atom. The minimum absolute atomic E-state index is 0.240. The highest BCUT2D eigenvalue weighted by atomic mass is 16.4. The van der Waals surface area contributed by atoms with E-state index in [9.17, 15) is 14.7 Å². The monoisotopic (exact) mass is 301 g/mol. The van der Waals surface area contributed by atoms with Crippen molar-refractivity contribution in [2.75, 3.05) is 0 Å². The van der Waals surface area contributed by atoms with E-state index in [1.54, 1.807) is 62.6 Å². The van der Waals surface area contributed by atoms with Crippen LogP contribution in [0.2, 0.25) is 0 Å². The molecule has 2 N–H and O–H groups in total. The fourth-order valence-corrected chi connectivity index (χ4v) is 2.36. The number of hydrogen-bond donors (Lipinski definition) is 2. The molecule has 22 heavy (non-hydrogen) atoms. The number of amides is 1. The van der Waals surface area contributed by atoms with E-state index < -0.39 is 23.5 Å². The van der Waals surface area contributed by atoms with Gasteiger partial charge < -0.3 is 10.4 Å². The maximum absolute atomic E-state index is 12.5. The van der Waals surface area contributed by atoms with Gasteiger partial charge in [0.15, 0.2) is 5.54 Å². The molecule has 0 radical (unpaired) electrons. The van der Waals surface area contributed by atoms with Crippen LogP contribution >= 0.6 is 0 Å². The maximum atomic E-state index is 12.5. The predicted octanol–water partition coefficient (Wildman–Crippen LogP) is 1.95. The van der Waals surface area contributed by atoms with E-state index in [1.807, 2.05) is 0 Å². The highest BCUT2D eigenvalue weighted by molar-refractivity contribution is 5.89. The highest BCUT2D eigenvalue weighted by Gasteiger charge is 2.41. The zero-order valence-corrected chi connectivity index (χ0v) is 12.6. The molecule has 0 saturated heterocycles. The number of nitrogens with zero attached hydrogens (tertiary/aromatic N) is 2. The summed E-state index contributed by atoms with van der Waals surface area (Å²) in [5, 5.41) is 16.4. The number of carboxylic acid groups (broad SMARTS) is 1. The normalized spacial score (nSPS) is 14.8. The van der Waals surface area contributed by atoms with E-state index in [0.29, 0.717) is 5.56 Å². The zero-order valence-electron chi connectivity index (χ0n) is 12.6. The van der Waals surface area contributed by atoms with Crippen LogP contribution in [-0.4, -0.2) is 26.8 Å². The van der Waals surface area contributed by atoms with E-state index in [1.165, 1.54) is 4.68 Å². The first kappa shape index (κ1) is 15.8. The summed E-state index contributed by atoms with van der Waals surface area (Å²) < 4.78 is 1.49. The Balaban J connectivity index is 2.32. The molecule has 6 heteroatoms. The van der Waals surface area contributed by atoms with Crippen molar-refractivity contribution in [3.8, 4) is 0 Å². The lowest BCUT2D eigenvalue weighted by Gasteiger charge is -2.31. The summed E-state index contributed by atoms with van der Waals surface area (Å²) in [5.41, 5.74) is -0.897. The first-order valence-electron chi connectivity index (χ1n) is 7.11. The van der Waals surface area contributed by atoms with Crippen LogP contribution in [0.3, 0.4) is 0 Å². The number of rotatable bonds is 6. The fraction of sp³-hybridized carbons (Fsp3) is 0.312. The minimum atomic E-state index is -1.44. The van der Waals surface area contributed by atoms with Gasteiger partial charge in [-0.25, -0.2) is 4.79 Å².